The standard InChI is InChI=1S/C20H16Cl2N4O/c21-18-7-5-14(9-19(18)22)11-27-20-8-6-15-3-1-2-4-16(15)17(20)10-25-26-12-23-24-13-26/h1-9,12-13,25H,10-11H2. The first-order chi connectivity index (χ1) is 13.2. The van der Waals surface area contributed by atoms with Gasteiger partial charge >= 0.3 is 0 Å². The molecule has 3 aromatic carbocycles. The molecule has 136 valence electrons. The van der Waals surface area contributed by atoms with Gasteiger partial charge in [0.2, 0.25) is 0 Å². The van der Waals surface area contributed by atoms with Crippen LogP contribution in [0.15, 0.2) is 67.3 Å². The average Bonchev–Trinajstić information content (AvgIpc) is 3.21. The van der Waals surface area contributed by atoms with Crippen molar-refractivity contribution < 1.29 is 4.74 Å². The molecule has 0 fully saturated rings. The predicted octanol–water partition coefficient (Wildman–Crippen LogP) is 5.06. The molecule has 1 N–H and O–H groups in total. The second kappa shape index (κ2) is 7.86. The largest absolute Gasteiger partial charge is 0.489 e. The molecular formula is C20H16Cl2N4O. The summed E-state index contributed by atoms with van der Waals surface area (Å²) in [5.74, 6) is 0.806. The van der Waals surface area contributed by atoms with Crippen molar-refractivity contribution in [1.82, 2.24) is 14.9 Å². The Labute approximate surface area is 166 Å². The van der Waals surface area contributed by atoms with E-state index in [1.165, 1.54) is 0 Å². The van der Waals surface area contributed by atoms with Crippen LogP contribution >= 0.6 is 23.2 Å². The molecule has 0 saturated carbocycles. The zero-order valence-electron chi connectivity index (χ0n) is 14.3. The molecule has 0 saturated heterocycles. The molecule has 5 nitrogen and oxygen atoms in total. The lowest BCUT2D eigenvalue weighted by Gasteiger charge is -2.16. The second-order valence-electron chi connectivity index (χ2n) is 6.00. The fraction of sp³-hybridized carbons (Fsp3) is 0.100. The highest BCUT2D eigenvalue weighted by atomic mass is 35.5. The summed E-state index contributed by atoms with van der Waals surface area (Å²) in [6.45, 7) is 0.963. The molecule has 4 aromatic rings. The van der Waals surface area contributed by atoms with Gasteiger partial charge in [0.1, 0.15) is 25.0 Å². The topological polar surface area (TPSA) is 52.0 Å². The van der Waals surface area contributed by atoms with E-state index in [-0.39, 0.29) is 0 Å². The first kappa shape index (κ1) is 17.6. The van der Waals surface area contributed by atoms with E-state index in [9.17, 15) is 0 Å². The van der Waals surface area contributed by atoms with Gasteiger partial charge in [0.05, 0.1) is 16.6 Å². The Morgan fingerprint density at radius 1 is 0.926 bits per heavy atom. The fourth-order valence-electron chi connectivity index (χ4n) is 2.88. The van der Waals surface area contributed by atoms with Crippen LogP contribution in [0.4, 0.5) is 0 Å². The number of benzene rings is 3. The van der Waals surface area contributed by atoms with Gasteiger partial charge in [0, 0.05) is 5.56 Å². The SMILES string of the molecule is Clc1ccc(COc2ccc3ccccc3c2CNn2cnnc2)cc1Cl. The van der Waals surface area contributed by atoms with Crippen molar-refractivity contribution in [1.29, 1.82) is 0 Å². The van der Waals surface area contributed by atoms with Crippen molar-refractivity contribution in [3.8, 4) is 5.75 Å². The van der Waals surface area contributed by atoms with Gasteiger partial charge in [0.25, 0.3) is 0 Å². The average molecular weight is 399 g/mol. The van der Waals surface area contributed by atoms with E-state index in [1.807, 2.05) is 30.3 Å². The van der Waals surface area contributed by atoms with Gasteiger partial charge in [-0.2, -0.15) is 0 Å². The first-order valence-electron chi connectivity index (χ1n) is 8.36. The van der Waals surface area contributed by atoms with Crippen molar-refractivity contribution >= 4 is 34.0 Å². The lowest BCUT2D eigenvalue weighted by Crippen LogP contribution is -2.13. The Morgan fingerprint density at radius 2 is 1.74 bits per heavy atom. The van der Waals surface area contributed by atoms with E-state index in [4.69, 9.17) is 27.9 Å². The summed E-state index contributed by atoms with van der Waals surface area (Å²) in [6.07, 6.45) is 3.22. The number of nitrogens with zero attached hydrogens (tertiary/aromatic N) is 3. The summed E-state index contributed by atoms with van der Waals surface area (Å²) < 4.78 is 7.83. The van der Waals surface area contributed by atoms with E-state index >= 15 is 0 Å². The highest BCUT2D eigenvalue weighted by Crippen LogP contribution is 2.30. The Kier molecular flexibility index (Phi) is 5.14. The number of rotatable bonds is 6. The van der Waals surface area contributed by atoms with Crippen molar-refractivity contribution in [2.45, 2.75) is 13.2 Å². The fourth-order valence-corrected chi connectivity index (χ4v) is 3.20. The molecule has 0 unspecified atom stereocenters. The van der Waals surface area contributed by atoms with Crippen molar-refractivity contribution in [2.24, 2.45) is 0 Å². The van der Waals surface area contributed by atoms with E-state index in [0.29, 0.717) is 23.2 Å². The zero-order valence-corrected chi connectivity index (χ0v) is 15.8. The molecule has 0 bridgehead atoms. The van der Waals surface area contributed by atoms with E-state index in [0.717, 1.165) is 27.6 Å². The van der Waals surface area contributed by atoms with Crippen LogP contribution in [-0.4, -0.2) is 14.9 Å². The summed E-state index contributed by atoms with van der Waals surface area (Å²) in [6, 6.07) is 17.8. The Bertz CT molecular complexity index is 1070. The van der Waals surface area contributed by atoms with Crippen LogP contribution in [0.25, 0.3) is 10.8 Å². The van der Waals surface area contributed by atoms with Crippen molar-refractivity contribution in [3.63, 3.8) is 0 Å². The number of aromatic nitrogens is 3. The maximum absolute atomic E-state index is 6.11. The molecule has 0 aliphatic carbocycles. The van der Waals surface area contributed by atoms with Crippen LogP contribution in [0, 0.1) is 0 Å². The van der Waals surface area contributed by atoms with Gasteiger partial charge in [-0.15, -0.1) is 10.2 Å². The number of hydrogen-bond acceptors (Lipinski definition) is 4. The van der Waals surface area contributed by atoms with Gasteiger partial charge in [-0.1, -0.05) is 59.6 Å². The van der Waals surface area contributed by atoms with Gasteiger partial charge in [-0.05, 0) is 34.5 Å². The van der Waals surface area contributed by atoms with Crippen LogP contribution in [0.2, 0.25) is 10.0 Å². The number of hydrogen-bond donors (Lipinski definition) is 1. The van der Waals surface area contributed by atoms with E-state index in [2.05, 4.69) is 33.8 Å². The summed E-state index contributed by atoms with van der Waals surface area (Å²) in [7, 11) is 0. The number of ether oxygens (including phenoxy) is 1. The van der Waals surface area contributed by atoms with Gasteiger partial charge in [-0.3, -0.25) is 0 Å². The van der Waals surface area contributed by atoms with Gasteiger partial charge < -0.3 is 10.2 Å². The van der Waals surface area contributed by atoms with Crippen LogP contribution < -0.4 is 10.2 Å². The molecule has 0 aliphatic heterocycles. The zero-order chi connectivity index (χ0) is 18.6. The van der Waals surface area contributed by atoms with Crippen molar-refractivity contribution in [3.05, 3.63) is 88.4 Å². The lowest BCUT2D eigenvalue weighted by molar-refractivity contribution is 0.303. The lowest BCUT2D eigenvalue weighted by atomic mass is 10.0. The Balaban J connectivity index is 1.62. The monoisotopic (exact) mass is 398 g/mol. The Hall–Kier alpha value is -2.76. The molecule has 0 amide bonds. The third-order valence-electron chi connectivity index (χ3n) is 4.23. The quantitative estimate of drug-likeness (QED) is 0.492. The molecule has 0 radical (unpaired) electrons. The minimum atomic E-state index is 0.398. The molecule has 4 rings (SSSR count). The third-order valence-corrected chi connectivity index (χ3v) is 4.97. The summed E-state index contributed by atoms with van der Waals surface area (Å²) in [5, 5.41) is 10.9. The van der Waals surface area contributed by atoms with Crippen LogP contribution in [0.3, 0.4) is 0 Å². The third kappa shape index (κ3) is 3.99. The van der Waals surface area contributed by atoms with Crippen LogP contribution in [0.5, 0.6) is 5.75 Å². The van der Waals surface area contributed by atoms with Gasteiger partial charge in [-0.25, -0.2) is 4.68 Å². The van der Waals surface area contributed by atoms with Crippen LogP contribution in [0.1, 0.15) is 11.1 Å². The molecule has 7 heteroatoms. The number of fused-ring (bicyclic) bond motifs is 1. The Morgan fingerprint density at radius 3 is 2.56 bits per heavy atom. The van der Waals surface area contributed by atoms with Crippen molar-refractivity contribution in [2.75, 3.05) is 5.43 Å². The molecule has 0 spiro atoms. The smallest absolute Gasteiger partial charge is 0.138 e. The molecule has 0 aliphatic rings. The normalized spacial score (nSPS) is 10.9. The molecular weight excluding hydrogens is 383 g/mol. The van der Waals surface area contributed by atoms with Crippen LogP contribution in [-0.2, 0) is 13.2 Å². The van der Waals surface area contributed by atoms with E-state index < -0.39 is 0 Å². The maximum Gasteiger partial charge on any atom is 0.138 e. The minimum Gasteiger partial charge on any atom is -0.489 e. The highest BCUT2D eigenvalue weighted by molar-refractivity contribution is 6.42. The first-order valence-corrected chi connectivity index (χ1v) is 9.12. The molecule has 27 heavy (non-hydrogen) atoms. The van der Waals surface area contributed by atoms with E-state index in [1.54, 1.807) is 23.4 Å². The number of nitrogens with one attached hydrogen (secondary N) is 1. The second-order valence-corrected chi connectivity index (χ2v) is 6.82. The number of halogens is 2. The summed E-state index contributed by atoms with van der Waals surface area (Å²) >= 11 is 12.1. The minimum absolute atomic E-state index is 0.398. The van der Waals surface area contributed by atoms with Gasteiger partial charge in [0.15, 0.2) is 0 Å². The highest BCUT2D eigenvalue weighted by Gasteiger charge is 2.10. The molecule has 1 aromatic heterocycles. The maximum atomic E-state index is 6.11. The molecule has 1 heterocycles. The molecule has 0 atom stereocenters. The summed E-state index contributed by atoms with van der Waals surface area (Å²) in [5.41, 5.74) is 5.27. The summed E-state index contributed by atoms with van der Waals surface area (Å²) in [4.78, 5) is 0. The predicted molar refractivity (Wildman–Crippen MR) is 108 cm³/mol.